The maximum atomic E-state index is 10.9. The number of carbonyl (C=O) groups is 1. The smallest absolute Gasteiger partial charge is 0.327 e. The van der Waals surface area contributed by atoms with E-state index in [9.17, 15) is 4.79 Å². The number of aliphatic carboxylic acids is 1. The minimum Gasteiger partial charge on any atom is -0.480 e. The van der Waals surface area contributed by atoms with Gasteiger partial charge in [0, 0.05) is 10.9 Å². The fourth-order valence-electron chi connectivity index (χ4n) is 1.24. The van der Waals surface area contributed by atoms with Crippen molar-refractivity contribution in [2.45, 2.75) is 12.5 Å². The molecule has 2 N–H and O–H groups in total. The Balaban J connectivity index is 3.01. The summed E-state index contributed by atoms with van der Waals surface area (Å²) in [5, 5.41) is 20.6. The van der Waals surface area contributed by atoms with Crippen molar-refractivity contribution in [3.05, 3.63) is 28.2 Å². The molecular weight excluding hydrogens is 284 g/mol. The van der Waals surface area contributed by atoms with Crippen LogP contribution in [0.25, 0.3) is 0 Å². The number of rotatable bonds is 4. The van der Waals surface area contributed by atoms with Crippen LogP contribution in [-0.4, -0.2) is 17.1 Å². The second-order valence-electron chi connectivity index (χ2n) is 3.25. The van der Waals surface area contributed by atoms with Crippen LogP contribution in [0.5, 0.6) is 0 Å². The van der Waals surface area contributed by atoms with Gasteiger partial charge in [0.2, 0.25) is 0 Å². The van der Waals surface area contributed by atoms with E-state index in [0.717, 1.165) is 4.47 Å². The van der Waals surface area contributed by atoms with E-state index in [-0.39, 0.29) is 6.42 Å². The van der Waals surface area contributed by atoms with E-state index in [4.69, 9.17) is 16.8 Å². The molecule has 0 heterocycles. The Bertz CT molecular complexity index is 514. The Morgan fingerprint density at radius 2 is 2.35 bits per heavy atom. The number of carboxylic acids is 1. The highest BCUT2D eigenvalue weighted by molar-refractivity contribution is 9.10. The quantitative estimate of drug-likeness (QED) is 0.835. The van der Waals surface area contributed by atoms with Crippen molar-refractivity contribution in [1.29, 1.82) is 5.26 Å². The van der Waals surface area contributed by atoms with Gasteiger partial charge in [-0.05, 0) is 18.2 Å². The average Bonchev–Trinajstić information content (AvgIpc) is 2.28. The van der Waals surface area contributed by atoms with Crippen LogP contribution in [0.15, 0.2) is 22.7 Å². The largest absolute Gasteiger partial charge is 0.480 e. The lowest BCUT2D eigenvalue weighted by atomic mass is 10.1. The number of anilines is 1. The zero-order valence-corrected chi connectivity index (χ0v) is 10.4. The van der Waals surface area contributed by atoms with E-state index in [0.29, 0.717) is 11.3 Å². The lowest BCUT2D eigenvalue weighted by molar-refractivity contribution is -0.137. The van der Waals surface area contributed by atoms with E-state index >= 15 is 0 Å². The third kappa shape index (κ3) is 3.51. The summed E-state index contributed by atoms with van der Waals surface area (Å²) in [6, 6.07) is 6.03. The highest BCUT2D eigenvalue weighted by Gasteiger charge is 2.17. The van der Waals surface area contributed by atoms with Gasteiger partial charge in [-0.1, -0.05) is 15.9 Å². The molecule has 0 spiro atoms. The van der Waals surface area contributed by atoms with Gasteiger partial charge >= 0.3 is 5.97 Å². The molecule has 0 saturated carbocycles. The second kappa shape index (κ2) is 5.93. The van der Waals surface area contributed by atoms with Gasteiger partial charge in [0.05, 0.1) is 11.3 Å². The molecule has 1 atom stereocenters. The van der Waals surface area contributed by atoms with E-state index in [1.165, 1.54) is 0 Å². The Kier molecular flexibility index (Phi) is 4.56. The Morgan fingerprint density at radius 3 is 2.88 bits per heavy atom. The summed E-state index contributed by atoms with van der Waals surface area (Å²) in [4.78, 5) is 10.9. The standard InChI is InChI=1S/C12H9BrN2O2/c1-2-3-10(12(16)17)15-11-6-9(13)5-4-8(11)7-14/h1,4-6,10,15H,3H2,(H,16,17). The molecule has 5 heteroatoms. The summed E-state index contributed by atoms with van der Waals surface area (Å²) < 4.78 is 0.754. The number of hydrogen-bond acceptors (Lipinski definition) is 3. The minimum absolute atomic E-state index is 0.0483. The molecule has 0 amide bonds. The first-order chi connectivity index (χ1) is 8.08. The molecule has 0 fully saturated rings. The molecule has 0 aliphatic carbocycles. The number of nitrogens with zero attached hydrogens (tertiary/aromatic N) is 1. The SMILES string of the molecule is C#CCC(Nc1cc(Br)ccc1C#N)C(=O)O. The molecule has 86 valence electrons. The Labute approximate surface area is 107 Å². The zero-order valence-electron chi connectivity index (χ0n) is 8.77. The second-order valence-corrected chi connectivity index (χ2v) is 4.16. The first-order valence-corrected chi connectivity index (χ1v) is 5.50. The van der Waals surface area contributed by atoms with Crippen LogP contribution >= 0.6 is 15.9 Å². The van der Waals surface area contributed by atoms with Gasteiger partial charge in [-0.2, -0.15) is 5.26 Å². The molecule has 1 unspecified atom stereocenters. The summed E-state index contributed by atoms with van der Waals surface area (Å²) in [5.74, 6) is 1.23. The van der Waals surface area contributed by atoms with Crippen molar-refractivity contribution in [2.75, 3.05) is 5.32 Å². The van der Waals surface area contributed by atoms with Crippen molar-refractivity contribution >= 4 is 27.6 Å². The molecule has 0 bridgehead atoms. The molecule has 0 aliphatic heterocycles. The van der Waals surface area contributed by atoms with Gasteiger partial charge in [0.25, 0.3) is 0 Å². The average molecular weight is 293 g/mol. The molecule has 1 rings (SSSR count). The van der Waals surface area contributed by atoms with Gasteiger partial charge < -0.3 is 10.4 Å². The lowest BCUT2D eigenvalue weighted by Crippen LogP contribution is -2.29. The molecule has 0 aliphatic rings. The van der Waals surface area contributed by atoms with Gasteiger partial charge in [-0.25, -0.2) is 4.79 Å². The monoisotopic (exact) mass is 292 g/mol. The van der Waals surface area contributed by atoms with Gasteiger partial charge in [0.1, 0.15) is 12.1 Å². The van der Waals surface area contributed by atoms with Crippen LogP contribution in [0.1, 0.15) is 12.0 Å². The topological polar surface area (TPSA) is 73.1 Å². The molecular formula is C12H9BrN2O2. The summed E-state index contributed by atoms with van der Waals surface area (Å²) in [6.07, 6.45) is 5.14. The van der Waals surface area contributed by atoms with Crippen molar-refractivity contribution in [3.63, 3.8) is 0 Å². The lowest BCUT2D eigenvalue weighted by Gasteiger charge is -2.14. The molecule has 1 aromatic carbocycles. The van der Waals surface area contributed by atoms with Gasteiger partial charge in [0.15, 0.2) is 0 Å². The summed E-state index contributed by atoms with van der Waals surface area (Å²) in [7, 11) is 0. The third-order valence-corrected chi connectivity index (χ3v) is 2.55. The van der Waals surface area contributed by atoms with Crippen LogP contribution in [0.3, 0.4) is 0 Å². The van der Waals surface area contributed by atoms with Crippen molar-refractivity contribution < 1.29 is 9.90 Å². The van der Waals surface area contributed by atoms with Crippen LogP contribution < -0.4 is 5.32 Å². The highest BCUT2D eigenvalue weighted by atomic mass is 79.9. The Hall–Kier alpha value is -1.98. The molecule has 0 radical (unpaired) electrons. The van der Waals surface area contributed by atoms with E-state index < -0.39 is 12.0 Å². The highest BCUT2D eigenvalue weighted by Crippen LogP contribution is 2.22. The number of carboxylic acid groups (broad SMARTS) is 1. The van der Waals surface area contributed by atoms with Crippen molar-refractivity contribution in [1.82, 2.24) is 0 Å². The van der Waals surface area contributed by atoms with Crippen molar-refractivity contribution in [2.24, 2.45) is 0 Å². The molecule has 4 nitrogen and oxygen atoms in total. The maximum absolute atomic E-state index is 10.9. The number of nitrogens with one attached hydrogen (secondary N) is 1. The normalized spacial score (nSPS) is 11.0. The van der Waals surface area contributed by atoms with E-state index in [1.807, 2.05) is 6.07 Å². The predicted molar refractivity (Wildman–Crippen MR) is 67.4 cm³/mol. The molecule has 0 saturated heterocycles. The van der Waals surface area contributed by atoms with E-state index in [2.05, 4.69) is 27.2 Å². The van der Waals surface area contributed by atoms with Crippen LogP contribution in [0, 0.1) is 23.7 Å². The number of nitriles is 1. The molecule has 0 aromatic heterocycles. The number of halogens is 1. The number of hydrogen-bond donors (Lipinski definition) is 2. The van der Waals surface area contributed by atoms with Crippen LogP contribution in [-0.2, 0) is 4.79 Å². The van der Waals surface area contributed by atoms with Gasteiger partial charge in [-0.3, -0.25) is 0 Å². The Morgan fingerprint density at radius 1 is 1.65 bits per heavy atom. The summed E-state index contributed by atoms with van der Waals surface area (Å²) >= 11 is 3.25. The minimum atomic E-state index is -1.05. The van der Waals surface area contributed by atoms with Gasteiger partial charge in [-0.15, -0.1) is 12.3 Å². The predicted octanol–water partition coefficient (Wildman–Crippen LogP) is 2.21. The number of terminal acetylenes is 1. The van der Waals surface area contributed by atoms with E-state index in [1.54, 1.807) is 18.2 Å². The fraction of sp³-hybridized carbons (Fsp3) is 0.167. The summed E-state index contributed by atoms with van der Waals surface area (Å²) in [5.41, 5.74) is 0.820. The molecule has 17 heavy (non-hydrogen) atoms. The van der Waals surface area contributed by atoms with Crippen LogP contribution in [0.4, 0.5) is 5.69 Å². The maximum Gasteiger partial charge on any atom is 0.327 e. The zero-order chi connectivity index (χ0) is 12.8. The summed E-state index contributed by atoms with van der Waals surface area (Å²) in [6.45, 7) is 0. The molecule has 1 aromatic rings. The van der Waals surface area contributed by atoms with Crippen molar-refractivity contribution in [3.8, 4) is 18.4 Å². The fourth-order valence-corrected chi connectivity index (χ4v) is 1.60. The first kappa shape index (κ1) is 13.1. The third-order valence-electron chi connectivity index (χ3n) is 2.05. The first-order valence-electron chi connectivity index (χ1n) is 4.71. The number of benzene rings is 1. The van der Waals surface area contributed by atoms with Crippen LogP contribution in [0.2, 0.25) is 0 Å².